The highest BCUT2D eigenvalue weighted by molar-refractivity contribution is 7.09. The van der Waals surface area contributed by atoms with E-state index >= 15 is 0 Å². The molecule has 2 rings (SSSR count). The Labute approximate surface area is 111 Å². The standard InChI is InChI=1S/C9H13N3OS.2ClH/c13-9(7-1-2-10-5-7)12-6-8-11-3-4-14-8;;/h3-4,7,10H,1-2,5-6H2,(H,12,13);2*1H. The highest BCUT2D eigenvalue weighted by atomic mass is 35.5. The Kier molecular flexibility index (Phi) is 7.66. The minimum atomic E-state index is 0. The smallest absolute Gasteiger partial charge is 0.224 e. The third-order valence-electron chi connectivity index (χ3n) is 2.33. The number of nitrogens with one attached hydrogen (secondary N) is 2. The molecule has 16 heavy (non-hydrogen) atoms. The Hall–Kier alpha value is -0.360. The van der Waals surface area contributed by atoms with Crippen LogP contribution in [0.25, 0.3) is 0 Å². The summed E-state index contributed by atoms with van der Waals surface area (Å²) in [6.45, 7) is 2.33. The van der Waals surface area contributed by atoms with Gasteiger partial charge in [-0.25, -0.2) is 4.98 Å². The van der Waals surface area contributed by atoms with Crippen molar-refractivity contribution in [1.82, 2.24) is 15.6 Å². The molecule has 0 bridgehead atoms. The second kappa shape index (κ2) is 7.84. The van der Waals surface area contributed by atoms with E-state index < -0.39 is 0 Å². The van der Waals surface area contributed by atoms with Crippen LogP contribution in [0, 0.1) is 5.92 Å². The summed E-state index contributed by atoms with van der Waals surface area (Å²) in [6.07, 6.45) is 2.70. The van der Waals surface area contributed by atoms with Gasteiger partial charge in [-0.05, 0) is 13.0 Å². The summed E-state index contributed by atoms with van der Waals surface area (Å²) in [5.41, 5.74) is 0. The van der Waals surface area contributed by atoms with Gasteiger partial charge >= 0.3 is 0 Å². The molecule has 1 aromatic heterocycles. The van der Waals surface area contributed by atoms with Crippen molar-refractivity contribution in [2.75, 3.05) is 13.1 Å². The Morgan fingerprint density at radius 1 is 1.62 bits per heavy atom. The number of nitrogens with zero attached hydrogens (tertiary/aromatic N) is 1. The zero-order valence-corrected chi connectivity index (χ0v) is 11.1. The largest absolute Gasteiger partial charge is 0.349 e. The van der Waals surface area contributed by atoms with Gasteiger partial charge in [-0.15, -0.1) is 36.2 Å². The molecule has 1 saturated heterocycles. The number of amides is 1. The molecule has 1 atom stereocenters. The predicted octanol–water partition coefficient (Wildman–Crippen LogP) is 1.21. The molecule has 0 radical (unpaired) electrons. The van der Waals surface area contributed by atoms with Crippen molar-refractivity contribution in [3.05, 3.63) is 16.6 Å². The lowest BCUT2D eigenvalue weighted by Crippen LogP contribution is -2.31. The molecule has 0 spiro atoms. The summed E-state index contributed by atoms with van der Waals surface area (Å²) >= 11 is 1.57. The van der Waals surface area contributed by atoms with Gasteiger partial charge in [0.25, 0.3) is 0 Å². The highest BCUT2D eigenvalue weighted by Gasteiger charge is 2.21. The Morgan fingerprint density at radius 2 is 2.44 bits per heavy atom. The van der Waals surface area contributed by atoms with E-state index in [4.69, 9.17) is 0 Å². The van der Waals surface area contributed by atoms with Crippen LogP contribution in [0.5, 0.6) is 0 Å². The van der Waals surface area contributed by atoms with Crippen LogP contribution >= 0.6 is 36.2 Å². The molecule has 1 aliphatic rings. The first-order valence-corrected chi connectivity index (χ1v) is 5.61. The summed E-state index contributed by atoms with van der Waals surface area (Å²) in [5, 5.41) is 8.95. The third kappa shape index (κ3) is 4.25. The molecule has 1 fully saturated rings. The van der Waals surface area contributed by atoms with Gasteiger partial charge in [0.2, 0.25) is 5.91 Å². The summed E-state index contributed by atoms with van der Waals surface area (Å²) in [7, 11) is 0. The number of rotatable bonds is 3. The number of thiazole rings is 1. The first-order valence-electron chi connectivity index (χ1n) is 4.73. The monoisotopic (exact) mass is 283 g/mol. The summed E-state index contributed by atoms with van der Waals surface area (Å²) in [6, 6.07) is 0. The Bertz CT molecular complexity index is 302. The van der Waals surface area contributed by atoms with Crippen LogP contribution in [0.3, 0.4) is 0 Å². The molecule has 4 nitrogen and oxygen atoms in total. The molecule has 1 unspecified atom stereocenters. The van der Waals surface area contributed by atoms with Crippen molar-refractivity contribution < 1.29 is 4.79 Å². The second-order valence-electron chi connectivity index (χ2n) is 3.33. The number of hydrogen-bond donors (Lipinski definition) is 2. The summed E-state index contributed by atoms with van der Waals surface area (Å²) in [4.78, 5) is 15.7. The van der Waals surface area contributed by atoms with Crippen molar-refractivity contribution >= 4 is 42.1 Å². The molecule has 0 saturated carbocycles. The fourth-order valence-corrected chi connectivity index (χ4v) is 2.08. The van der Waals surface area contributed by atoms with Crippen LogP contribution in [0.4, 0.5) is 0 Å². The fraction of sp³-hybridized carbons (Fsp3) is 0.556. The molecule has 0 aliphatic carbocycles. The van der Waals surface area contributed by atoms with Crippen LogP contribution in [0.1, 0.15) is 11.4 Å². The Balaban J connectivity index is 0.00000112. The predicted molar refractivity (Wildman–Crippen MR) is 69.4 cm³/mol. The van der Waals surface area contributed by atoms with Gasteiger partial charge in [-0.3, -0.25) is 4.79 Å². The van der Waals surface area contributed by atoms with Gasteiger partial charge in [-0.2, -0.15) is 0 Å². The number of aromatic nitrogens is 1. The molecule has 1 amide bonds. The maximum absolute atomic E-state index is 11.6. The summed E-state index contributed by atoms with van der Waals surface area (Å²) < 4.78 is 0. The molecule has 0 aromatic carbocycles. The lowest BCUT2D eigenvalue weighted by atomic mass is 10.1. The van der Waals surface area contributed by atoms with E-state index in [1.807, 2.05) is 5.38 Å². The molecule has 2 N–H and O–H groups in total. The quantitative estimate of drug-likeness (QED) is 0.877. The van der Waals surface area contributed by atoms with E-state index in [0.717, 1.165) is 24.5 Å². The minimum Gasteiger partial charge on any atom is -0.349 e. The number of carbonyl (C=O) groups is 1. The van der Waals surface area contributed by atoms with E-state index in [9.17, 15) is 4.79 Å². The lowest BCUT2D eigenvalue weighted by Gasteiger charge is -2.07. The average molecular weight is 284 g/mol. The first-order chi connectivity index (χ1) is 6.86. The lowest BCUT2D eigenvalue weighted by molar-refractivity contribution is -0.124. The van der Waals surface area contributed by atoms with Crippen molar-refractivity contribution in [3.8, 4) is 0 Å². The molecule has 1 aliphatic heterocycles. The zero-order valence-electron chi connectivity index (χ0n) is 8.64. The van der Waals surface area contributed by atoms with Gasteiger partial charge in [0.05, 0.1) is 12.5 Å². The van der Waals surface area contributed by atoms with Gasteiger partial charge in [0.15, 0.2) is 0 Å². The van der Waals surface area contributed by atoms with Crippen molar-refractivity contribution in [2.45, 2.75) is 13.0 Å². The van der Waals surface area contributed by atoms with Crippen molar-refractivity contribution in [2.24, 2.45) is 5.92 Å². The fourth-order valence-electron chi connectivity index (χ4n) is 1.53. The maximum Gasteiger partial charge on any atom is 0.224 e. The highest BCUT2D eigenvalue weighted by Crippen LogP contribution is 2.08. The van der Waals surface area contributed by atoms with Crippen LogP contribution in [0.2, 0.25) is 0 Å². The molecular formula is C9H15Cl2N3OS. The maximum atomic E-state index is 11.6. The van der Waals surface area contributed by atoms with Crippen LogP contribution in [-0.4, -0.2) is 24.0 Å². The van der Waals surface area contributed by atoms with Gasteiger partial charge in [0.1, 0.15) is 5.01 Å². The topological polar surface area (TPSA) is 54.0 Å². The number of halogens is 2. The molecule has 92 valence electrons. The van der Waals surface area contributed by atoms with Gasteiger partial charge in [0, 0.05) is 18.1 Å². The zero-order chi connectivity index (χ0) is 9.80. The third-order valence-corrected chi connectivity index (χ3v) is 3.11. The van der Waals surface area contributed by atoms with E-state index in [1.54, 1.807) is 17.5 Å². The molecule has 2 heterocycles. The molecule has 1 aromatic rings. The summed E-state index contributed by atoms with van der Waals surface area (Å²) in [5.74, 6) is 0.292. The first kappa shape index (κ1) is 15.6. The van der Waals surface area contributed by atoms with Crippen molar-refractivity contribution in [1.29, 1.82) is 0 Å². The molecular weight excluding hydrogens is 269 g/mol. The van der Waals surface area contributed by atoms with Gasteiger partial charge < -0.3 is 10.6 Å². The van der Waals surface area contributed by atoms with Gasteiger partial charge in [-0.1, -0.05) is 0 Å². The van der Waals surface area contributed by atoms with Crippen molar-refractivity contribution in [3.63, 3.8) is 0 Å². The number of hydrogen-bond acceptors (Lipinski definition) is 4. The SMILES string of the molecule is Cl.Cl.O=C(NCc1nccs1)C1CCNC1. The van der Waals surface area contributed by atoms with Crippen LogP contribution in [0.15, 0.2) is 11.6 Å². The van der Waals surface area contributed by atoms with Crippen LogP contribution in [-0.2, 0) is 11.3 Å². The Morgan fingerprint density at radius 3 is 3.00 bits per heavy atom. The minimum absolute atomic E-state index is 0. The number of carbonyl (C=O) groups excluding carboxylic acids is 1. The van der Waals surface area contributed by atoms with E-state index in [1.165, 1.54) is 0 Å². The van der Waals surface area contributed by atoms with Crippen LogP contribution < -0.4 is 10.6 Å². The van der Waals surface area contributed by atoms with E-state index in [-0.39, 0.29) is 36.6 Å². The van der Waals surface area contributed by atoms with E-state index in [2.05, 4.69) is 15.6 Å². The second-order valence-corrected chi connectivity index (χ2v) is 4.31. The van der Waals surface area contributed by atoms with E-state index in [0.29, 0.717) is 6.54 Å². The molecule has 7 heteroatoms. The normalized spacial score (nSPS) is 18.4. The average Bonchev–Trinajstić information content (AvgIpc) is 2.87.